The van der Waals surface area contributed by atoms with Crippen molar-refractivity contribution in [3.63, 3.8) is 0 Å². The van der Waals surface area contributed by atoms with E-state index < -0.39 is 0 Å². The lowest BCUT2D eigenvalue weighted by atomic mass is 10.1. The zero-order valence-electron chi connectivity index (χ0n) is 13.5. The van der Waals surface area contributed by atoms with Crippen LogP contribution in [0.15, 0.2) is 36.4 Å². The molecule has 1 N–H and O–H groups in total. The van der Waals surface area contributed by atoms with Gasteiger partial charge in [-0.3, -0.25) is 4.79 Å². The number of carbonyl (C=O) groups excluding carboxylic acids is 1. The highest BCUT2D eigenvalue weighted by Gasteiger charge is 2.01. The summed E-state index contributed by atoms with van der Waals surface area (Å²) in [7, 11) is 0. The molecule has 0 atom stereocenters. The number of phenolic OH excluding ortho intramolecular Hbond substituents is 1. The molecule has 0 aliphatic carbocycles. The number of ether oxygens (including phenoxy) is 1. The predicted octanol–water partition coefficient (Wildman–Crippen LogP) is 4.90. The summed E-state index contributed by atoms with van der Waals surface area (Å²) in [6, 6.07) is 5.18. The van der Waals surface area contributed by atoms with Crippen LogP contribution in [0.5, 0.6) is 11.5 Å². The van der Waals surface area contributed by atoms with Gasteiger partial charge in [-0.1, -0.05) is 50.5 Å². The van der Waals surface area contributed by atoms with Gasteiger partial charge in [0, 0.05) is 6.42 Å². The monoisotopic (exact) mass is 302 g/mol. The Labute approximate surface area is 133 Å². The van der Waals surface area contributed by atoms with E-state index in [4.69, 9.17) is 4.74 Å². The molecule has 0 radical (unpaired) electrons. The summed E-state index contributed by atoms with van der Waals surface area (Å²) in [6.07, 6.45) is 12.2. The second kappa shape index (κ2) is 10.7. The number of benzene rings is 1. The highest BCUT2D eigenvalue weighted by atomic mass is 16.5. The second-order valence-corrected chi connectivity index (χ2v) is 5.16. The Kier molecular flexibility index (Phi) is 8.73. The van der Waals surface area contributed by atoms with Gasteiger partial charge in [-0.05, 0) is 37.1 Å². The molecule has 0 aliphatic heterocycles. The Morgan fingerprint density at radius 2 is 2.00 bits per heavy atom. The van der Waals surface area contributed by atoms with E-state index in [0.717, 1.165) is 18.4 Å². The molecule has 0 unspecified atom stereocenters. The lowest BCUT2D eigenvalue weighted by Crippen LogP contribution is -1.92. The zero-order valence-corrected chi connectivity index (χ0v) is 13.5. The van der Waals surface area contributed by atoms with Gasteiger partial charge in [0.2, 0.25) is 0 Å². The van der Waals surface area contributed by atoms with E-state index in [1.807, 2.05) is 19.1 Å². The SMILES string of the molecule is CCCCCCC(=O)C=CC=Cc1ccc(O)c(OCC)c1. The quantitative estimate of drug-likeness (QED) is 0.380. The van der Waals surface area contributed by atoms with E-state index in [1.54, 1.807) is 30.4 Å². The summed E-state index contributed by atoms with van der Waals surface area (Å²) in [4.78, 5) is 11.6. The summed E-state index contributed by atoms with van der Waals surface area (Å²) in [5.74, 6) is 0.777. The first kappa shape index (κ1) is 18.0. The Balaban J connectivity index is 2.46. The summed E-state index contributed by atoms with van der Waals surface area (Å²) >= 11 is 0. The Bertz CT molecular complexity index is 515. The Hall–Kier alpha value is -2.03. The maximum Gasteiger partial charge on any atom is 0.161 e. The molecule has 3 nitrogen and oxygen atoms in total. The Morgan fingerprint density at radius 3 is 2.73 bits per heavy atom. The first-order valence-corrected chi connectivity index (χ1v) is 8.00. The molecule has 0 aliphatic rings. The van der Waals surface area contributed by atoms with Gasteiger partial charge in [0.25, 0.3) is 0 Å². The molecule has 1 rings (SSSR count). The molecular weight excluding hydrogens is 276 g/mol. The molecule has 0 saturated heterocycles. The van der Waals surface area contributed by atoms with Crippen LogP contribution in [0.1, 0.15) is 51.5 Å². The van der Waals surface area contributed by atoms with Gasteiger partial charge in [-0.2, -0.15) is 0 Å². The van der Waals surface area contributed by atoms with E-state index in [-0.39, 0.29) is 11.5 Å². The van der Waals surface area contributed by atoms with Crippen molar-refractivity contribution in [2.45, 2.75) is 46.0 Å². The van der Waals surface area contributed by atoms with Gasteiger partial charge in [0.05, 0.1) is 6.61 Å². The topological polar surface area (TPSA) is 46.5 Å². The highest BCUT2D eigenvalue weighted by Crippen LogP contribution is 2.27. The minimum atomic E-state index is 0.136. The molecule has 0 heterocycles. The van der Waals surface area contributed by atoms with Crippen molar-refractivity contribution in [2.24, 2.45) is 0 Å². The molecule has 0 aromatic heterocycles. The molecule has 3 heteroatoms. The number of aromatic hydroxyl groups is 1. The lowest BCUT2D eigenvalue weighted by molar-refractivity contribution is -0.114. The van der Waals surface area contributed by atoms with Gasteiger partial charge >= 0.3 is 0 Å². The van der Waals surface area contributed by atoms with Gasteiger partial charge in [-0.25, -0.2) is 0 Å². The van der Waals surface area contributed by atoms with E-state index in [1.165, 1.54) is 12.8 Å². The van der Waals surface area contributed by atoms with E-state index in [0.29, 0.717) is 18.8 Å². The number of rotatable bonds is 10. The van der Waals surface area contributed by atoms with Crippen molar-refractivity contribution in [2.75, 3.05) is 6.61 Å². The van der Waals surface area contributed by atoms with Crippen LogP contribution >= 0.6 is 0 Å². The van der Waals surface area contributed by atoms with Crippen LogP contribution in [-0.4, -0.2) is 17.5 Å². The predicted molar refractivity (Wildman–Crippen MR) is 91.2 cm³/mol. The molecule has 0 fully saturated rings. The van der Waals surface area contributed by atoms with Crippen LogP contribution in [0.25, 0.3) is 6.08 Å². The average Bonchev–Trinajstić information content (AvgIpc) is 2.51. The number of hydrogen-bond acceptors (Lipinski definition) is 3. The van der Waals surface area contributed by atoms with Crippen molar-refractivity contribution in [1.29, 1.82) is 0 Å². The lowest BCUT2D eigenvalue weighted by Gasteiger charge is -2.05. The summed E-state index contributed by atoms with van der Waals surface area (Å²) < 4.78 is 5.33. The minimum absolute atomic E-state index is 0.136. The molecule has 22 heavy (non-hydrogen) atoms. The summed E-state index contributed by atoms with van der Waals surface area (Å²) in [5, 5.41) is 9.62. The largest absolute Gasteiger partial charge is 0.504 e. The third kappa shape index (κ3) is 7.11. The fourth-order valence-electron chi connectivity index (χ4n) is 2.04. The molecule has 1 aromatic rings. The van der Waals surface area contributed by atoms with Crippen LogP contribution in [0.2, 0.25) is 0 Å². The van der Waals surface area contributed by atoms with Gasteiger partial charge in [0.1, 0.15) is 0 Å². The Morgan fingerprint density at radius 1 is 1.18 bits per heavy atom. The van der Waals surface area contributed by atoms with Crippen molar-refractivity contribution in [3.8, 4) is 11.5 Å². The van der Waals surface area contributed by atoms with Crippen LogP contribution in [0, 0.1) is 0 Å². The van der Waals surface area contributed by atoms with Crippen molar-refractivity contribution >= 4 is 11.9 Å². The third-order valence-corrected chi connectivity index (χ3v) is 3.24. The number of ketones is 1. The average molecular weight is 302 g/mol. The fourth-order valence-corrected chi connectivity index (χ4v) is 2.04. The summed E-state index contributed by atoms with van der Waals surface area (Å²) in [5.41, 5.74) is 0.918. The maximum absolute atomic E-state index is 11.6. The third-order valence-electron chi connectivity index (χ3n) is 3.24. The number of hydrogen-bond donors (Lipinski definition) is 1. The molecule has 0 spiro atoms. The molecular formula is C19H26O3. The molecule has 1 aromatic carbocycles. The van der Waals surface area contributed by atoms with Gasteiger partial charge in [-0.15, -0.1) is 0 Å². The number of carbonyl (C=O) groups is 1. The van der Waals surface area contributed by atoms with Gasteiger partial charge < -0.3 is 9.84 Å². The van der Waals surface area contributed by atoms with Crippen LogP contribution in [-0.2, 0) is 4.79 Å². The van der Waals surface area contributed by atoms with Crippen molar-refractivity contribution in [1.82, 2.24) is 0 Å². The number of allylic oxidation sites excluding steroid dienone is 3. The van der Waals surface area contributed by atoms with Crippen molar-refractivity contribution in [3.05, 3.63) is 42.0 Å². The molecule has 0 saturated carbocycles. The normalized spacial score (nSPS) is 11.4. The maximum atomic E-state index is 11.6. The highest BCUT2D eigenvalue weighted by molar-refractivity contribution is 5.89. The van der Waals surface area contributed by atoms with E-state index in [2.05, 4.69) is 6.92 Å². The van der Waals surface area contributed by atoms with E-state index >= 15 is 0 Å². The van der Waals surface area contributed by atoms with Crippen LogP contribution < -0.4 is 4.74 Å². The smallest absolute Gasteiger partial charge is 0.161 e. The van der Waals surface area contributed by atoms with Gasteiger partial charge in [0.15, 0.2) is 17.3 Å². The summed E-state index contributed by atoms with van der Waals surface area (Å²) in [6.45, 7) is 4.54. The second-order valence-electron chi connectivity index (χ2n) is 5.16. The standard InChI is InChI=1S/C19H26O3/c1-3-5-6-7-11-17(20)12-9-8-10-16-13-14-18(21)19(15-16)22-4-2/h8-10,12-15,21H,3-7,11H2,1-2H3. The number of unbranched alkanes of at least 4 members (excludes halogenated alkanes) is 3. The van der Waals surface area contributed by atoms with E-state index in [9.17, 15) is 9.90 Å². The fraction of sp³-hybridized carbons (Fsp3) is 0.421. The first-order chi connectivity index (χ1) is 10.7. The molecule has 120 valence electrons. The van der Waals surface area contributed by atoms with Crippen LogP contribution in [0.3, 0.4) is 0 Å². The van der Waals surface area contributed by atoms with Crippen LogP contribution in [0.4, 0.5) is 0 Å². The molecule has 0 amide bonds. The number of phenols is 1. The zero-order chi connectivity index (χ0) is 16.2. The minimum Gasteiger partial charge on any atom is -0.504 e. The molecule has 0 bridgehead atoms. The first-order valence-electron chi connectivity index (χ1n) is 8.00. The van der Waals surface area contributed by atoms with Crippen molar-refractivity contribution < 1.29 is 14.6 Å².